The molecule has 1 aromatic heterocycles. The van der Waals surface area contributed by atoms with Crippen LogP contribution in [0.3, 0.4) is 0 Å². The molecule has 2 aliphatic carbocycles. The van der Waals surface area contributed by atoms with Crippen LogP contribution in [0.2, 0.25) is 0 Å². The third-order valence-electron chi connectivity index (χ3n) is 4.52. The maximum atomic E-state index is 4.71. The van der Waals surface area contributed by atoms with Crippen molar-refractivity contribution in [2.45, 2.75) is 70.0 Å². The number of aromatic nitrogens is 2. The van der Waals surface area contributed by atoms with Crippen molar-refractivity contribution >= 4 is 0 Å². The minimum Gasteiger partial charge on any atom is -0.306 e. The summed E-state index contributed by atoms with van der Waals surface area (Å²) in [5.74, 6) is 0. The molecule has 0 spiro atoms. The van der Waals surface area contributed by atoms with Gasteiger partial charge in [-0.25, -0.2) is 0 Å². The minimum atomic E-state index is 0.386. The largest absolute Gasteiger partial charge is 0.306 e. The van der Waals surface area contributed by atoms with Crippen LogP contribution in [0.1, 0.15) is 63.6 Å². The van der Waals surface area contributed by atoms with Gasteiger partial charge in [-0.05, 0) is 45.1 Å². The van der Waals surface area contributed by atoms with Crippen LogP contribution in [0.5, 0.6) is 0 Å². The number of nitrogens with one attached hydrogen (secondary N) is 1. The lowest BCUT2D eigenvalue weighted by Gasteiger charge is -2.39. The molecule has 2 saturated carbocycles. The Labute approximate surface area is 104 Å². The molecule has 0 saturated heterocycles. The van der Waals surface area contributed by atoms with Gasteiger partial charge in [-0.1, -0.05) is 12.8 Å². The Kier molecular flexibility index (Phi) is 2.95. The summed E-state index contributed by atoms with van der Waals surface area (Å²) in [6, 6.07) is 2.84. The van der Waals surface area contributed by atoms with Crippen molar-refractivity contribution in [1.29, 1.82) is 0 Å². The smallest absolute Gasteiger partial charge is 0.0762 e. The van der Waals surface area contributed by atoms with E-state index in [1.54, 1.807) is 0 Å². The summed E-state index contributed by atoms with van der Waals surface area (Å²) in [4.78, 5) is 0. The third-order valence-corrected chi connectivity index (χ3v) is 4.52. The minimum absolute atomic E-state index is 0.386. The molecule has 3 nitrogen and oxygen atoms in total. The highest BCUT2D eigenvalue weighted by atomic mass is 15.3. The second-order valence-electron chi connectivity index (χ2n) is 5.99. The summed E-state index contributed by atoms with van der Waals surface area (Å²) in [5.41, 5.74) is 1.59. The highest BCUT2D eigenvalue weighted by Crippen LogP contribution is 2.31. The van der Waals surface area contributed by atoms with Crippen molar-refractivity contribution in [3.8, 4) is 0 Å². The number of nitrogens with zero attached hydrogens (tertiary/aromatic N) is 2. The molecule has 1 aromatic rings. The van der Waals surface area contributed by atoms with Gasteiger partial charge in [0.05, 0.1) is 11.7 Å². The van der Waals surface area contributed by atoms with Crippen LogP contribution in [0.25, 0.3) is 0 Å². The average molecular weight is 233 g/mol. The van der Waals surface area contributed by atoms with E-state index in [9.17, 15) is 0 Å². The zero-order valence-corrected chi connectivity index (χ0v) is 10.8. The fourth-order valence-electron chi connectivity index (χ4n) is 3.03. The molecule has 17 heavy (non-hydrogen) atoms. The maximum absolute atomic E-state index is 4.71. The van der Waals surface area contributed by atoms with Crippen LogP contribution >= 0.6 is 0 Å². The highest BCUT2D eigenvalue weighted by Gasteiger charge is 2.30. The lowest BCUT2D eigenvalue weighted by molar-refractivity contribution is 0.205. The number of hydrogen-bond donors (Lipinski definition) is 1. The normalized spacial score (nSPS) is 23.8. The van der Waals surface area contributed by atoms with Crippen molar-refractivity contribution in [2.75, 3.05) is 0 Å². The molecule has 3 rings (SSSR count). The Hall–Kier alpha value is -0.830. The van der Waals surface area contributed by atoms with Gasteiger partial charge in [0.1, 0.15) is 0 Å². The predicted octanol–water partition coefficient (Wildman–Crippen LogP) is 3.03. The van der Waals surface area contributed by atoms with Gasteiger partial charge in [0.2, 0.25) is 0 Å². The maximum Gasteiger partial charge on any atom is 0.0762 e. The van der Waals surface area contributed by atoms with Gasteiger partial charge < -0.3 is 5.32 Å². The Bertz CT molecular complexity index is 373. The van der Waals surface area contributed by atoms with E-state index in [0.717, 1.165) is 6.54 Å². The monoisotopic (exact) mass is 233 g/mol. The molecule has 0 aliphatic heterocycles. The van der Waals surface area contributed by atoms with E-state index in [1.165, 1.54) is 50.6 Å². The van der Waals surface area contributed by atoms with E-state index >= 15 is 0 Å². The average Bonchev–Trinajstić information content (AvgIpc) is 2.93. The summed E-state index contributed by atoms with van der Waals surface area (Å²) in [7, 11) is 0. The van der Waals surface area contributed by atoms with Crippen molar-refractivity contribution in [3.05, 3.63) is 18.0 Å². The zero-order valence-electron chi connectivity index (χ0n) is 10.8. The molecule has 0 amide bonds. The molecular weight excluding hydrogens is 210 g/mol. The fourth-order valence-corrected chi connectivity index (χ4v) is 3.03. The molecule has 2 fully saturated rings. The molecule has 0 aromatic carbocycles. The van der Waals surface area contributed by atoms with Gasteiger partial charge in [-0.15, -0.1) is 0 Å². The van der Waals surface area contributed by atoms with E-state index in [1.807, 2.05) is 0 Å². The number of hydrogen-bond acceptors (Lipinski definition) is 2. The third kappa shape index (κ3) is 2.39. The molecule has 94 valence electrons. The molecule has 2 aliphatic rings. The molecular formula is C14H23N3. The molecule has 3 heteroatoms. The van der Waals surface area contributed by atoms with E-state index in [2.05, 4.69) is 29.2 Å². The van der Waals surface area contributed by atoms with E-state index < -0.39 is 0 Å². The summed E-state index contributed by atoms with van der Waals surface area (Å²) in [6.07, 6.45) is 11.5. The second kappa shape index (κ2) is 4.45. The molecule has 0 bridgehead atoms. The Morgan fingerprint density at radius 2 is 2.12 bits per heavy atom. The van der Waals surface area contributed by atoms with Crippen LogP contribution in [-0.2, 0) is 6.54 Å². The van der Waals surface area contributed by atoms with Gasteiger partial charge in [-0.3, -0.25) is 4.68 Å². The lowest BCUT2D eigenvalue weighted by Crippen LogP contribution is -2.47. The van der Waals surface area contributed by atoms with Crippen LogP contribution in [-0.4, -0.2) is 15.3 Å². The van der Waals surface area contributed by atoms with Gasteiger partial charge in [-0.2, -0.15) is 5.10 Å². The molecule has 1 N–H and O–H groups in total. The molecule has 0 atom stereocenters. The molecule has 0 radical (unpaired) electrons. The Balaban J connectivity index is 1.56. The zero-order chi connectivity index (χ0) is 11.7. The molecule has 1 heterocycles. The SMILES string of the molecule is CC1(NCc2ccn(C3CCCC3)n2)CCC1. The lowest BCUT2D eigenvalue weighted by atomic mass is 9.78. The van der Waals surface area contributed by atoms with Crippen molar-refractivity contribution < 1.29 is 0 Å². The summed E-state index contributed by atoms with van der Waals surface area (Å²) in [5, 5.41) is 8.35. The fraction of sp³-hybridized carbons (Fsp3) is 0.786. The van der Waals surface area contributed by atoms with E-state index in [0.29, 0.717) is 11.6 Å². The van der Waals surface area contributed by atoms with Gasteiger partial charge >= 0.3 is 0 Å². The van der Waals surface area contributed by atoms with Crippen LogP contribution in [0.15, 0.2) is 12.3 Å². The summed E-state index contributed by atoms with van der Waals surface area (Å²) >= 11 is 0. The van der Waals surface area contributed by atoms with Gasteiger partial charge in [0, 0.05) is 18.3 Å². The second-order valence-corrected chi connectivity index (χ2v) is 5.99. The first-order chi connectivity index (χ1) is 8.25. The quantitative estimate of drug-likeness (QED) is 0.866. The Morgan fingerprint density at radius 3 is 2.76 bits per heavy atom. The first-order valence-electron chi connectivity index (χ1n) is 7.04. The highest BCUT2D eigenvalue weighted by molar-refractivity contribution is 5.02. The van der Waals surface area contributed by atoms with Crippen molar-refractivity contribution in [2.24, 2.45) is 0 Å². The Morgan fingerprint density at radius 1 is 1.35 bits per heavy atom. The van der Waals surface area contributed by atoms with Gasteiger partial charge in [0.15, 0.2) is 0 Å². The van der Waals surface area contributed by atoms with Crippen LogP contribution in [0, 0.1) is 0 Å². The molecule has 0 unspecified atom stereocenters. The summed E-state index contributed by atoms with van der Waals surface area (Å²) in [6.45, 7) is 3.25. The van der Waals surface area contributed by atoms with Gasteiger partial charge in [0.25, 0.3) is 0 Å². The van der Waals surface area contributed by atoms with Crippen molar-refractivity contribution in [1.82, 2.24) is 15.1 Å². The van der Waals surface area contributed by atoms with E-state index in [4.69, 9.17) is 5.10 Å². The topological polar surface area (TPSA) is 29.9 Å². The summed E-state index contributed by atoms with van der Waals surface area (Å²) < 4.78 is 2.19. The van der Waals surface area contributed by atoms with Crippen LogP contribution in [0.4, 0.5) is 0 Å². The predicted molar refractivity (Wildman–Crippen MR) is 68.8 cm³/mol. The van der Waals surface area contributed by atoms with E-state index in [-0.39, 0.29) is 0 Å². The van der Waals surface area contributed by atoms with Crippen LogP contribution < -0.4 is 5.32 Å². The van der Waals surface area contributed by atoms with Crippen molar-refractivity contribution in [3.63, 3.8) is 0 Å². The number of rotatable bonds is 4. The first kappa shape index (κ1) is 11.3. The standard InChI is InChI=1S/C14H23N3/c1-14(8-4-9-14)15-11-12-7-10-17(16-12)13-5-2-3-6-13/h7,10,13,15H,2-6,8-9,11H2,1H3. The first-order valence-corrected chi connectivity index (χ1v) is 7.04.